The number of piperazine rings is 1. The van der Waals surface area contributed by atoms with E-state index in [9.17, 15) is 14.0 Å². The third-order valence-corrected chi connectivity index (χ3v) is 6.84. The number of aromatic nitrogens is 2. The third kappa shape index (κ3) is 6.04. The molecule has 0 spiro atoms. The highest BCUT2D eigenvalue weighted by atomic mass is 19.1. The highest BCUT2D eigenvalue weighted by molar-refractivity contribution is 5.87. The minimum atomic E-state index is -0.321. The van der Waals surface area contributed by atoms with Crippen LogP contribution in [0.15, 0.2) is 60.7 Å². The van der Waals surface area contributed by atoms with Crippen molar-refractivity contribution in [3.05, 3.63) is 72.0 Å². The lowest BCUT2D eigenvalue weighted by Gasteiger charge is -2.36. The first kappa shape index (κ1) is 24.7. The number of hydrogen-bond acceptors (Lipinski definition) is 6. The average Bonchev–Trinajstić information content (AvgIpc) is 3.79. The average molecular weight is 504 g/mol. The molecular weight excluding hydrogens is 473 g/mol. The molecule has 5 rings (SSSR count). The van der Waals surface area contributed by atoms with E-state index in [-0.39, 0.29) is 30.1 Å². The lowest BCUT2D eigenvalue weighted by Crippen LogP contribution is -2.52. The number of methoxy groups -OCH3 is 1. The summed E-state index contributed by atoms with van der Waals surface area (Å²) >= 11 is 0. The topological polar surface area (TPSA) is 78.9 Å². The predicted octanol–water partition coefficient (Wildman–Crippen LogP) is 3.38. The Morgan fingerprint density at radius 3 is 2.24 bits per heavy atom. The van der Waals surface area contributed by atoms with Gasteiger partial charge in [0, 0.05) is 44.2 Å². The maximum atomic E-state index is 13.3. The second-order valence-corrected chi connectivity index (χ2v) is 9.47. The molecule has 2 amide bonds. The number of amides is 2. The summed E-state index contributed by atoms with van der Waals surface area (Å²) in [5.41, 5.74) is 2.55. The first-order chi connectivity index (χ1) is 18.0. The van der Waals surface area contributed by atoms with Crippen LogP contribution < -0.4 is 9.64 Å². The fraction of sp³-hybridized carbons (Fsp3) is 0.357. The van der Waals surface area contributed by atoms with Gasteiger partial charge in [-0.15, -0.1) is 10.2 Å². The van der Waals surface area contributed by atoms with Gasteiger partial charge in [0.2, 0.25) is 11.8 Å². The molecule has 2 aromatic carbocycles. The Bertz CT molecular complexity index is 1220. The molecule has 3 aromatic rings. The molecule has 2 aliphatic rings. The van der Waals surface area contributed by atoms with Crippen LogP contribution in [0.2, 0.25) is 0 Å². The van der Waals surface area contributed by atoms with E-state index in [0.717, 1.165) is 41.2 Å². The highest BCUT2D eigenvalue weighted by Crippen LogP contribution is 2.31. The van der Waals surface area contributed by atoms with Crippen LogP contribution in [0.3, 0.4) is 0 Å². The zero-order valence-electron chi connectivity index (χ0n) is 20.8. The second kappa shape index (κ2) is 10.9. The SMILES string of the molecule is COc1ccc(-c2ccc(N3CCN(C(=O)CN(Cc4ccc(F)cc4)C(=O)C4CC4)CC3)nn2)cc1. The highest BCUT2D eigenvalue weighted by Gasteiger charge is 2.35. The zero-order chi connectivity index (χ0) is 25.8. The normalized spacial score (nSPS) is 15.4. The number of halogens is 1. The quantitative estimate of drug-likeness (QED) is 0.469. The summed E-state index contributed by atoms with van der Waals surface area (Å²) in [4.78, 5) is 31.5. The molecule has 1 aliphatic heterocycles. The van der Waals surface area contributed by atoms with Crippen LogP contribution >= 0.6 is 0 Å². The van der Waals surface area contributed by atoms with Crippen molar-refractivity contribution in [3.8, 4) is 17.0 Å². The van der Waals surface area contributed by atoms with E-state index in [1.807, 2.05) is 36.4 Å². The fourth-order valence-electron chi connectivity index (χ4n) is 4.47. The molecule has 0 unspecified atom stereocenters. The van der Waals surface area contributed by atoms with Gasteiger partial charge in [-0.2, -0.15) is 0 Å². The van der Waals surface area contributed by atoms with Crippen LogP contribution in [0.4, 0.5) is 10.2 Å². The Morgan fingerprint density at radius 1 is 0.946 bits per heavy atom. The van der Waals surface area contributed by atoms with Crippen molar-refractivity contribution in [1.82, 2.24) is 20.0 Å². The number of benzene rings is 2. The van der Waals surface area contributed by atoms with Crippen molar-refractivity contribution in [2.45, 2.75) is 19.4 Å². The van der Waals surface area contributed by atoms with Gasteiger partial charge in [-0.25, -0.2) is 4.39 Å². The van der Waals surface area contributed by atoms with E-state index in [0.29, 0.717) is 32.7 Å². The van der Waals surface area contributed by atoms with Crippen LogP contribution in [-0.2, 0) is 16.1 Å². The van der Waals surface area contributed by atoms with E-state index in [4.69, 9.17) is 4.74 Å². The summed E-state index contributed by atoms with van der Waals surface area (Å²) in [7, 11) is 1.63. The summed E-state index contributed by atoms with van der Waals surface area (Å²) in [6.45, 7) is 2.69. The molecule has 0 bridgehead atoms. The lowest BCUT2D eigenvalue weighted by molar-refractivity contribution is -0.142. The number of anilines is 1. The van der Waals surface area contributed by atoms with Crippen molar-refractivity contribution in [3.63, 3.8) is 0 Å². The summed E-state index contributed by atoms with van der Waals surface area (Å²) in [5.74, 6) is 1.17. The predicted molar refractivity (Wildman–Crippen MR) is 137 cm³/mol. The molecule has 1 saturated carbocycles. The molecule has 1 aromatic heterocycles. The number of rotatable bonds is 8. The minimum Gasteiger partial charge on any atom is -0.497 e. The monoisotopic (exact) mass is 503 g/mol. The first-order valence-electron chi connectivity index (χ1n) is 12.5. The van der Waals surface area contributed by atoms with Crippen molar-refractivity contribution in [2.75, 3.05) is 44.7 Å². The molecular formula is C28H30FN5O3. The molecule has 37 heavy (non-hydrogen) atoms. The zero-order valence-corrected chi connectivity index (χ0v) is 20.8. The Hall–Kier alpha value is -4.01. The number of nitrogens with zero attached hydrogens (tertiary/aromatic N) is 5. The third-order valence-electron chi connectivity index (χ3n) is 6.84. The number of ether oxygens (including phenoxy) is 1. The first-order valence-corrected chi connectivity index (χ1v) is 12.5. The molecule has 0 radical (unpaired) electrons. The van der Waals surface area contributed by atoms with E-state index >= 15 is 0 Å². The van der Waals surface area contributed by atoms with Crippen LogP contribution in [-0.4, -0.2) is 71.6 Å². The lowest BCUT2D eigenvalue weighted by atomic mass is 10.1. The molecule has 8 nitrogen and oxygen atoms in total. The molecule has 1 aliphatic carbocycles. The van der Waals surface area contributed by atoms with Crippen molar-refractivity contribution in [2.24, 2.45) is 5.92 Å². The van der Waals surface area contributed by atoms with Gasteiger partial charge in [-0.05, 0) is 66.9 Å². The maximum absolute atomic E-state index is 13.3. The van der Waals surface area contributed by atoms with Gasteiger partial charge in [-0.3, -0.25) is 9.59 Å². The standard InChI is InChI=1S/C28H30FN5O3/c1-37-24-10-6-21(7-11-24)25-12-13-26(31-30-25)32-14-16-33(17-15-32)27(35)19-34(28(36)22-4-5-22)18-20-2-8-23(29)9-3-20/h2-3,6-13,22H,4-5,14-19H2,1H3. The Morgan fingerprint density at radius 2 is 1.65 bits per heavy atom. The molecule has 192 valence electrons. The van der Waals surface area contributed by atoms with Gasteiger partial charge in [0.1, 0.15) is 18.1 Å². The molecule has 2 fully saturated rings. The van der Waals surface area contributed by atoms with Crippen molar-refractivity contribution >= 4 is 17.6 Å². The van der Waals surface area contributed by atoms with Crippen LogP contribution in [0.5, 0.6) is 5.75 Å². The minimum absolute atomic E-state index is 0.00327. The largest absolute Gasteiger partial charge is 0.497 e. The molecule has 0 atom stereocenters. The maximum Gasteiger partial charge on any atom is 0.242 e. The van der Waals surface area contributed by atoms with Gasteiger partial charge in [0.25, 0.3) is 0 Å². The van der Waals surface area contributed by atoms with Crippen molar-refractivity contribution in [1.29, 1.82) is 0 Å². The summed E-state index contributed by atoms with van der Waals surface area (Å²) in [6, 6.07) is 17.6. The number of carbonyl (C=O) groups excluding carboxylic acids is 2. The fourth-order valence-corrected chi connectivity index (χ4v) is 4.47. The van der Waals surface area contributed by atoms with Gasteiger partial charge < -0.3 is 19.4 Å². The van der Waals surface area contributed by atoms with Gasteiger partial charge in [-0.1, -0.05) is 12.1 Å². The smallest absolute Gasteiger partial charge is 0.242 e. The van der Waals surface area contributed by atoms with Gasteiger partial charge in [0.15, 0.2) is 5.82 Å². The second-order valence-electron chi connectivity index (χ2n) is 9.47. The summed E-state index contributed by atoms with van der Waals surface area (Å²) in [6.07, 6.45) is 1.73. The number of hydrogen-bond donors (Lipinski definition) is 0. The van der Waals surface area contributed by atoms with Gasteiger partial charge >= 0.3 is 0 Å². The summed E-state index contributed by atoms with van der Waals surface area (Å²) in [5, 5.41) is 8.78. The Labute approximate surface area is 215 Å². The molecule has 2 heterocycles. The van der Waals surface area contributed by atoms with E-state index in [2.05, 4.69) is 15.1 Å². The van der Waals surface area contributed by atoms with Crippen LogP contribution in [0, 0.1) is 11.7 Å². The van der Waals surface area contributed by atoms with Crippen molar-refractivity contribution < 1.29 is 18.7 Å². The van der Waals surface area contributed by atoms with Gasteiger partial charge in [0.05, 0.1) is 12.8 Å². The van der Waals surface area contributed by atoms with E-state index in [1.165, 1.54) is 12.1 Å². The Kier molecular flexibility index (Phi) is 7.30. The number of carbonyl (C=O) groups is 2. The molecule has 9 heteroatoms. The van der Waals surface area contributed by atoms with E-state index < -0.39 is 0 Å². The molecule has 0 N–H and O–H groups in total. The molecule has 1 saturated heterocycles. The summed E-state index contributed by atoms with van der Waals surface area (Å²) < 4.78 is 18.5. The Balaban J connectivity index is 1.17. The van der Waals surface area contributed by atoms with Crippen LogP contribution in [0.25, 0.3) is 11.3 Å². The van der Waals surface area contributed by atoms with Crippen LogP contribution in [0.1, 0.15) is 18.4 Å². The van der Waals surface area contributed by atoms with E-state index in [1.54, 1.807) is 29.0 Å².